The van der Waals surface area contributed by atoms with Crippen molar-refractivity contribution in [3.05, 3.63) is 48.0 Å². The molecule has 2 heterocycles. The summed E-state index contributed by atoms with van der Waals surface area (Å²) in [5.41, 5.74) is -0.124. The van der Waals surface area contributed by atoms with E-state index < -0.39 is 24.8 Å². The first-order valence-corrected chi connectivity index (χ1v) is 5.91. The molecule has 0 radical (unpaired) electrons. The van der Waals surface area contributed by atoms with Crippen molar-refractivity contribution in [2.24, 2.45) is 0 Å². The number of nitrogens with one attached hydrogen (secondary N) is 1. The number of carbonyl (C=O) groups excluding carboxylic acids is 1. The Morgan fingerprint density at radius 3 is 2.81 bits per heavy atom. The Balaban J connectivity index is 2.23. The fourth-order valence-corrected chi connectivity index (χ4v) is 1.80. The minimum Gasteiger partial charge on any atom is -0.478 e. The van der Waals surface area contributed by atoms with Crippen LogP contribution in [0, 0.1) is 0 Å². The number of nitrogens with zero attached hydrogens (tertiary/aromatic N) is 2. The van der Waals surface area contributed by atoms with Crippen molar-refractivity contribution in [2.45, 2.75) is 13.0 Å². The number of pyridine rings is 1. The van der Waals surface area contributed by atoms with Gasteiger partial charge in [0, 0.05) is 12.4 Å². The van der Waals surface area contributed by atoms with E-state index in [-0.39, 0.29) is 16.9 Å². The molecular formula is C13H11F2N3O3. The number of carboxylic acids is 1. The summed E-state index contributed by atoms with van der Waals surface area (Å²) in [6.45, 7) is -0.616. The predicted octanol–water partition coefficient (Wildman–Crippen LogP) is 2.10. The van der Waals surface area contributed by atoms with E-state index in [1.807, 2.05) is 0 Å². The van der Waals surface area contributed by atoms with E-state index in [0.717, 1.165) is 4.57 Å². The summed E-state index contributed by atoms with van der Waals surface area (Å²) in [6, 6.07) is 4.06. The molecule has 0 saturated carbocycles. The quantitative estimate of drug-likeness (QED) is 0.884. The van der Waals surface area contributed by atoms with Crippen LogP contribution in [-0.4, -0.2) is 33.0 Å². The Morgan fingerprint density at radius 1 is 1.38 bits per heavy atom. The lowest BCUT2D eigenvalue weighted by Gasteiger charge is -2.10. The average molecular weight is 295 g/mol. The van der Waals surface area contributed by atoms with Crippen LogP contribution in [0.15, 0.2) is 36.8 Å². The lowest BCUT2D eigenvalue weighted by molar-refractivity contribution is 0.0698. The highest BCUT2D eigenvalue weighted by Gasteiger charge is 2.17. The Hall–Kier alpha value is -2.77. The minimum absolute atomic E-state index is 0.000188. The molecule has 0 unspecified atom stereocenters. The van der Waals surface area contributed by atoms with Gasteiger partial charge in [-0.2, -0.15) is 0 Å². The van der Waals surface area contributed by atoms with Crippen molar-refractivity contribution in [2.75, 3.05) is 5.32 Å². The van der Waals surface area contributed by atoms with Gasteiger partial charge in [0.05, 0.1) is 24.0 Å². The topological polar surface area (TPSA) is 84.2 Å². The smallest absolute Gasteiger partial charge is 0.337 e. The molecule has 21 heavy (non-hydrogen) atoms. The van der Waals surface area contributed by atoms with Gasteiger partial charge in [-0.3, -0.25) is 9.78 Å². The molecule has 0 aliphatic carbocycles. The SMILES string of the molecule is O=C(O)c1ccncc1NC(=O)c1cccn1CC(F)F. The van der Waals surface area contributed by atoms with Crippen molar-refractivity contribution in [1.29, 1.82) is 0 Å². The van der Waals surface area contributed by atoms with Crippen LogP contribution in [0.2, 0.25) is 0 Å². The Kier molecular flexibility index (Phi) is 4.27. The van der Waals surface area contributed by atoms with Gasteiger partial charge in [-0.25, -0.2) is 13.6 Å². The highest BCUT2D eigenvalue weighted by molar-refractivity contribution is 6.06. The van der Waals surface area contributed by atoms with Gasteiger partial charge in [-0.05, 0) is 18.2 Å². The summed E-state index contributed by atoms with van der Waals surface area (Å²) in [6.07, 6.45) is 1.21. The number of halogens is 2. The van der Waals surface area contributed by atoms with Crippen LogP contribution in [0.3, 0.4) is 0 Å². The number of amides is 1. The number of anilines is 1. The second-order valence-electron chi connectivity index (χ2n) is 4.12. The van der Waals surface area contributed by atoms with Gasteiger partial charge < -0.3 is 15.0 Å². The summed E-state index contributed by atoms with van der Waals surface area (Å²) < 4.78 is 25.9. The number of carbonyl (C=O) groups is 2. The van der Waals surface area contributed by atoms with Gasteiger partial charge in [-0.15, -0.1) is 0 Å². The van der Waals surface area contributed by atoms with Crippen molar-refractivity contribution in [3.8, 4) is 0 Å². The van der Waals surface area contributed by atoms with Gasteiger partial charge in [0.15, 0.2) is 0 Å². The van der Waals surface area contributed by atoms with Crippen LogP contribution in [0.1, 0.15) is 20.8 Å². The van der Waals surface area contributed by atoms with Crippen LogP contribution in [-0.2, 0) is 6.54 Å². The zero-order chi connectivity index (χ0) is 15.4. The highest BCUT2D eigenvalue weighted by Crippen LogP contribution is 2.15. The summed E-state index contributed by atoms with van der Waals surface area (Å²) in [7, 11) is 0. The second kappa shape index (κ2) is 6.12. The van der Waals surface area contributed by atoms with Crippen LogP contribution < -0.4 is 5.32 Å². The van der Waals surface area contributed by atoms with Gasteiger partial charge >= 0.3 is 5.97 Å². The van der Waals surface area contributed by atoms with E-state index in [1.165, 1.54) is 36.8 Å². The fraction of sp³-hybridized carbons (Fsp3) is 0.154. The Bertz CT molecular complexity index is 670. The molecule has 0 bridgehead atoms. The molecule has 0 atom stereocenters. The lowest BCUT2D eigenvalue weighted by Crippen LogP contribution is -2.20. The molecule has 2 aromatic heterocycles. The van der Waals surface area contributed by atoms with E-state index in [4.69, 9.17) is 5.11 Å². The van der Waals surface area contributed by atoms with E-state index in [2.05, 4.69) is 10.3 Å². The van der Waals surface area contributed by atoms with E-state index in [1.54, 1.807) is 0 Å². The summed E-state index contributed by atoms with van der Waals surface area (Å²) in [4.78, 5) is 26.8. The molecular weight excluding hydrogens is 284 g/mol. The number of hydrogen-bond acceptors (Lipinski definition) is 3. The first-order valence-electron chi connectivity index (χ1n) is 5.91. The van der Waals surface area contributed by atoms with Gasteiger partial charge in [0.1, 0.15) is 5.69 Å². The Labute approximate surface area is 118 Å². The standard InChI is InChI=1S/C13H11F2N3O3/c14-11(15)7-18-5-1-2-10(18)12(19)17-9-6-16-4-3-8(9)13(20)21/h1-6,11H,7H2,(H,17,19)(H,20,21). The third-order valence-corrected chi connectivity index (χ3v) is 2.70. The maximum atomic E-state index is 12.4. The van der Waals surface area contributed by atoms with Crippen LogP contribution in [0.4, 0.5) is 14.5 Å². The van der Waals surface area contributed by atoms with Crippen LogP contribution >= 0.6 is 0 Å². The first-order chi connectivity index (χ1) is 9.99. The summed E-state index contributed by atoms with van der Waals surface area (Å²) in [5.74, 6) is -1.91. The highest BCUT2D eigenvalue weighted by atomic mass is 19.3. The molecule has 6 nitrogen and oxygen atoms in total. The number of hydrogen-bond donors (Lipinski definition) is 2. The molecule has 110 valence electrons. The molecule has 0 fully saturated rings. The van der Waals surface area contributed by atoms with E-state index in [0.29, 0.717) is 0 Å². The molecule has 2 aromatic rings. The lowest BCUT2D eigenvalue weighted by atomic mass is 10.2. The van der Waals surface area contributed by atoms with Crippen LogP contribution in [0.5, 0.6) is 0 Å². The number of rotatable bonds is 5. The third kappa shape index (κ3) is 3.41. The molecule has 8 heteroatoms. The third-order valence-electron chi connectivity index (χ3n) is 2.70. The van der Waals surface area contributed by atoms with E-state index in [9.17, 15) is 18.4 Å². The monoisotopic (exact) mass is 295 g/mol. The molecule has 0 aliphatic rings. The molecule has 0 aliphatic heterocycles. The van der Waals surface area contributed by atoms with Crippen molar-refractivity contribution >= 4 is 17.6 Å². The van der Waals surface area contributed by atoms with Crippen LogP contribution in [0.25, 0.3) is 0 Å². The summed E-state index contributed by atoms with van der Waals surface area (Å²) >= 11 is 0. The number of aromatic nitrogens is 2. The fourth-order valence-electron chi connectivity index (χ4n) is 1.80. The van der Waals surface area contributed by atoms with E-state index >= 15 is 0 Å². The van der Waals surface area contributed by atoms with Gasteiger partial charge in [0.25, 0.3) is 12.3 Å². The number of aromatic carboxylic acids is 1. The molecule has 1 amide bonds. The number of carboxylic acid groups (broad SMARTS) is 1. The van der Waals surface area contributed by atoms with Crippen molar-refractivity contribution in [1.82, 2.24) is 9.55 Å². The molecule has 2 N–H and O–H groups in total. The maximum absolute atomic E-state index is 12.4. The summed E-state index contributed by atoms with van der Waals surface area (Å²) in [5, 5.41) is 11.4. The van der Waals surface area contributed by atoms with Gasteiger partial charge in [0.2, 0.25) is 0 Å². The van der Waals surface area contributed by atoms with Crippen molar-refractivity contribution in [3.63, 3.8) is 0 Å². The molecule has 2 rings (SSSR count). The second-order valence-corrected chi connectivity index (χ2v) is 4.12. The molecule has 0 spiro atoms. The minimum atomic E-state index is -2.60. The largest absolute Gasteiger partial charge is 0.478 e. The number of alkyl halides is 2. The molecule has 0 saturated heterocycles. The first kappa shape index (κ1) is 14.6. The average Bonchev–Trinajstić information content (AvgIpc) is 2.86. The zero-order valence-electron chi connectivity index (χ0n) is 10.7. The maximum Gasteiger partial charge on any atom is 0.337 e. The molecule has 0 aromatic carbocycles. The normalized spacial score (nSPS) is 10.6. The zero-order valence-corrected chi connectivity index (χ0v) is 10.7. The van der Waals surface area contributed by atoms with Crippen molar-refractivity contribution < 1.29 is 23.5 Å². The van der Waals surface area contributed by atoms with Gasteiger partial charge in [-0.1, -0.05) is 0 Å². The Morgan fingerprint density at radius 2 is 2.14 bits per heavy atom. The predicted molar refractivity (Wildman–Crippen MR) is 69.6 cm³/mol.